The zero-order valence-corrected chi connectivity index (χ0v) is 13.2. The molecule has 0 radical (unpaired) electrons. The van der Waals surface area contributed by atoms with Crippen molar-refractivity contribution in [1.82, 2.24) is 0 Å². The van der Waals surface area contributed by atoms with Crippen molar-refractivity contribution in [3.63, 3.8) is 0 Å². The summed E-state index contributed by atoms with van der Waals surface area (Å²) in [6.45, 7) is 1.79. The second-order valence-electron chi connectivity index (χ2n) is 5.12. The van der Waals surface area contributed by atoms with E-state index in [-0.39, 0.29) is 6.10 Å². The number of aryl methyl sites for hydroxylation is 1. The largest absolute Gasteiger partial charge is 0.389 e. The highest BCUT2D eigenvalue weighted by Crippen LogP contribution is 2.27. The van der Waals surface area contributed by atoms with Crippen LogP contribution in [0.3, 0.4) is 0 Å². The maximum absolute atomic E-state index is 9.46. The molecule has 0 heterocycles. The van der Waals surface area contributed by atoms with E-state index in [1.807, 2.05) is 30.0 Å². The van der Waals surface area contributed by atoms with Gasteiger partial charge >= 0.3 is 0 Å². The van der Waals surface area contributed by atoms with Gasteiger partial charge in [0.1, 0.15) is 0 Å². The van der Waals surface area contributed by atoms with Crippen molar-refractivity contribution in [1.29, 1.82) is 0 Å². The summed E-state index contributed by atoms with van der Waals surface area (Å²) in [6.07, 6.45) is 5.74. The smallest absolute Gasteiger partial charge is 0.0693 e. The van der Waals surface area contributed by atoms with Crippen molar-refractivity contribution in [3.8, 4) is 0 Å². The lowest BCUT2D eigenvalue weighted by Gasteiger charge is -2.13. The predicted molar refractivity (Wildman–Crippen MR) is 91.7 cm³/mol. The van der Waals surface area contributed by atoms with Gasteiger partial charge in [-0.3, -0.25) is 0 Å². The van der Waals surface area contributed by atoms with Gasteiger partial charge in [0.25, 0.3) is 0 Å². The standard InChI is InChI=1S/C19H22OS/c1-16(20)12-14-19(21-18-10-6-3-7-11-18)15-13-17-8-4-2-5-9-17/h2-12,14,16,19-20H,13,15H2,1H3/b14-12+/t16-,19+/m1/s1. The van der Waals surface area contributed by atoms with E-state index in [2.05, 4.69) is 54.6 Å². The first kappa shape index (κ1) is 15.9. The minimum atomic E-state index is -0.388. The van der Waals surface area contributed by atoms with Crippen LogP contribution in [0.15, 0.2) is 77.7 Å². The Balaban J connectivity index is 1.98. The topological polar surface area (TPSA) is 20.2 Å². The van der Waals surface area contributed by atoms with Crippen LogP contribution in [-0.2, 0) is 6.42 Å². The summed E-state index contributed by atoms with van der Waals surface area (Å²) in [5.74, 6) is 0. The van der Waals surface area contributed by atoms with Gasteiger partial charge in [0.15, 0.2) is 0 Å². The Morgan fingerprint density at radius 1 is 0.952 bits per heavy atom. The van der Waals surface area contributed by atoms with Crippen LogP contribution in [0.1, 0.15) is 18.9 Å². The van der Waals surface area contributed by atoms with Crippen LogP contribution in [0.4, 0.5) is 0 Å². The maximum atomic E-state index is 9.46. The summed E-state index contributed by atoms with van der Waals surface area (Å²) in [4.78, 5) is 1.27. The lowest BCUT2D eigenvalue weighted by Crippen LogP contribution is -2.03. The fraction of sp³-hybridized carbons (Fsp3) is 0.263. The van der Waals surface area contributed by atoms with Crippen LogP contribution in [0, 0.1) is 0 Å². The van der Waals surface area contributed by atoms with E-state index in [0.717, 1.165) is 12.8 Å². The molecule has 2 rings (SSSR count). The highest BCUT2D eigenvalue weighted by molar-refractivity contribution is 8.00. The quantitative estimate of drug-likeness (QED) is 0.589. The Hall–Kier alpha value is -1.51. The van der Waals surface area contributed by atoms with Crippen molar-refractivity contribution >= 4 is 11.8 Å². The first-order valence-electron chi connectivity index (χ1n) is 7.36. The molecule has 1 N–H and O–H groups in total. The summed E-state index contributed by atoms with van der Waals surface area (Å²) >= 11 is 1.85. The van der Waals surface area contributed by atoms with Gasteiger partial charge in [-0.15, -0.1) is 11.8 Å². The van der Waals surface area contributed by atoms with Crippen LogP contribution in [-0.4, -0.2) is 16.5 Å². The average molecular weight is 298 g/mol. The van der Waals surface area contributed by atoms with Gasteiger partial charge in [-0.1, -0.05) is 60.7 Å². The van der Waals surface area contributed by atoms with E-state index >= 15 is 0 Å². The van der Waals surface area contributed by atoms with Crippen molar-refractivity contribution in [2.24, 2.45) is 0 Å². The average Bonchev–Trinajstić information content (AvgIpc) is 2.52. The van der Waals surface area contributed by atoms with E-state index in [4.69, 9.17) is 0 Å². The third-order valence-electron chi connectivity index (χ3n) is 3.20. The molecule has 0 aliphatic carbocycles. The van der Waals surface area contributed by atoms with Crippen LogP contribution < -0.4 is 0 Å². The van der Waals surface area contributed by atoms with Crippen LogP contribution >= 0.6 is 11.8 Å². The minimum Gasteiger partial charge on any atom is -0.389 e. The number of hydrogen-bond donors (Lipinski definition) is 1. The number of aliphatic hydroxyl groups excluding tert-OH is 1. The minimum absolute atomic E-state index is 0.377. The monoisotopic (exact) mass is 298 g/mol. The third-order valence-corrected chi connectivity index (χ3v) is 4.44. The summed E-state index contributed by atoms with van der Waals surface area (Å²) in [7, 11) is 0. The van der Waals surface area contributed by atoms with Crippen molar-refractivity contribution in [2.45, 2.75) is 36.0 Å². The van der Waals surface area contributed by atoms with Crippen molar-refractivity contribution in [3.05, 3.63) is 78.4 Å². The molecule has 0 aromatic heterocycles. The molecule has 1 nitrogen and oxygen atoms in total. The number of aliphatic hydroxyl groups is 1. The fourth-order valence-corrected chi connectivity index (χ4v) is 3.18. The van der Waals surface area contributed by atoms with E-state index < -0.39 is 0 Å². The van der Waals surface area contributed by atoms with Crippen LogP contribution in [0.2, 0.25) is 0 Å². The Bertz CT molecular complexity index is 534. The Kier molecular flexibility index (Phi) is 6.58. The molecule has 2 aromatic rings. The van der Waals surface area contributed by atoms with Gasteiger partial charge in [-0.05, 0) is 37.5 Å². The number of thioether (sulfide) groups is 1. The first-order chi connectivity index (χ1) is 10.2. The van der Waals surface area contributed by atoms with E-state index in [9.17, 15) is 5.11 Å². The normalized spacial score (nSPS) is 14.2. The molecule has 21 heavy (non-hydrogen) atoms. The SMILES string of the molecule is C[C@@H](O)/C=C/[C@@H](CCc1ccccc1)Sc1ccccc1. The zero-order valence-electron chi connectivity index (χ0n) is 12.4. The van der Waals surface area contributed by atoms with Gasteiger partial charge in [0.2, 0.25) is 0 Å². The lowest BCUT2D eigenvalue weighted by atomic mass is 10.1. The molecule has 0 aliphatic rings. The van der Waals surface area contributed by atoms with E-state index in [0.29, 0.717) is 5.25 Å². The van der Waals surface area contributed by atoms with E-state index in [1.54, 1.807) is 6.92 Å². The molecule has 0 aliphatic heterocycles. The molecular weight excluding hydrogens is 276 g/mol. The second-order valence-corrected chi connectivity index (χ2v) is 6.43. The summed E-state index contributed by atoms with van der Waals surface area (Å²) in [5.41, 5.74) is 1.36. The number of hydrogen-bond acceptors (Lipinski definition) is 2. The first-order valence-corrected chi connectivity index (χ1v) is 8.24. The van der Waals surface area contributed by atoms with Crippen LogP contribution in [0.5, 0.6) is 0 Å². The molecule has 2 heteroatoms. The van der Waals surface area contributed by atoms with Gasteiger partial charge in [-0.2, -0.15) is 0 Å². The molecule has 0 saturated carbocycles. The molecule has 0 unspecified atom stereocenters. The van der Waals surface area contributed by atoms with Gasteiger partial charge in [-0.25, -0.2) is 0 Å². The van der Waals surface area contributed by atoms with Gasteiger partial charge in [0, 0.05) is 10.1 Å². The predicted octanol–water partition coefficient (Wildman–Crippen LogP) is 4.72. The molecule has 2 atom stereocenters. The van der Waals surface area contributed by atoms with Gasteiger partial charge < -0.3 is 5.11 Å². The lowest BCUT2D eigenvalue weighted by molar-refractivity contribution is 0.244. The molecule has 0 bridgehead atoms. The highest BCUT2D eigenvalue weighted by Gasteiger charge is 2.08. The molecule has 2 aromatic carbocycles. The summed E-state index contributed by atoms with van der Waals surface area (Å²) < 4.78 is 0. The molecule has 0 spiro atoms. The summed E-state index contributed by atoms with van der Waals surface area (Å²) in [5, 5.41) is 9.83. The van der Waals surface area contributed by atoms with Crippen molar-refractivity contribution < 1.29 is 5.11 Å². The molecule has 0 amide bonds. The highest BCUT2D eigenvalue weighted by atomic mass is 32.2. The van der Waals surface area contributed by atoms with Gasteiger partial charge in [0.05, 0.1) is 6.10 Å². The fourth-order valence-electron chi connectivity index (χ4n) is 2.11. The second kappa shape index (κ2) is 8.71. The Morgan fingerprint density at radius 3 is 2.19 bits per heavy atom. The third kappa shape index (κ3) is 6.19. The zero-order chi connectivity index (χ0) is 14.9. The Labute approximate surface area is 131 Å². The molecule has 0 saturated heterocycles. The number of benzene rings is 2. The molecule has 110 valence electrons. The van der Waals surface area contributed by atoms with E-state index in [1.165, 1.54) is 10.5 Å². The maximum Gasteiger partial charge on any atom is 0.0693 e. The molecular formula is C19H22OS. The number of rotatable bonds is 7. The summed E-state index contributed by atoms with van der Waals surface area (Å²) in [6, 6.07) is 21.0. The molecule has 0 fully saturated rings. The van der Waals surface area contributed by atoms with Crippen LogP contribution in [0.25, 0.3) is 0 Å². The Morgan fingerprint density at radius 2 is 1.57 bits per heavy atom. The van der Waals surface area contributed by atoms with Crippen molar-refractivity contribution in [2.75, 3.05) is 0 Å².